The summed E-state index contributed by atoms with van der Waals surface area (Å²) >= 11 is 0. The molecule has 0 radical (unpaired) electrons. The standard InChI is InChI=1S/C17H22N2O/c1-2-18-17(14-5-6-14)15-9-10-19(12-15)11-13-3-7-16(20)8-4-13/h3-4,7-10,12,14,17-18,20H,2,5-6,11H2,1H3. The van der Waals surface area contributed by atoms with E-state index in [-0.39, 0.29) is 0 Å². The molecule has 1 saturated carbocycles. The van der Waals surface area contributed by atoms with Gasteiger partial charge in [0.2, 0.25) is 0 Å². The molecule has 2 aromatic rings. The van der Waals surface area contributed by atoms with Crippen molar-refractivity contribution in [2.75, 3.05) is 6.54 Å². The fraction of sp³-hybridized carbons (Fsp3) is 0.412. The van der Waals surface area contributed by atoms with Gasteiger partial charge in [-0.15, -0.1) is 0 Å². The van der Waals surface area contributed by atoms with Gasteiger partial charge >= 0.3 is 0 Å². The molecule has 0 bridgehead atoms. The zero-order valence-corrected chi connectivity index (χ0v) is 11.9. The second kappa shape index (κ2) is 5.71. The molecule has 106 valence electrons. The first-order chi connectivity index (χ1) is 9.76. The Morgan fingerprint density at radius 3 is 2.65 bits per heavy atom. The average Bonchev–Trinajstić information content (AvgIpc) is 3.19. The van der Waals surface area contributed by atoms with Crippen LogP contribution in [0.4, 0.5) is 0 Å². The maximum Gasteiger partial charge on any atom is 0.115 e. The molecule has 3 rings (SSSR count). The molecule has 1 aromatic heterocycles. The second-order valence-corrected chi connectivity index (χ2v) is 5.66. The van der Waals surface area contributed by atoms with Crippen LogP contribution in [-0.2, 0) is 6.54 Å². The van der Waals surface area contributed by atoms with Crippen molar-refractivity contribution in [3.63, 3.8) is 0 Å². The number of rotatable bonds is 6. The average molecular weight is 270 g/mol. The summed E-state index contributed by atoms with van der Waals surface area (Å²) in [6, 6.07) is 10.2. The molecule has 20 heavy (non-hydrogen) atoms. The lowest BCUT2D eigenvalue weighted by molar-refractivity contribution is 0.475. The quantitative estimate of drug-likeness (QED) is 0.845. The Labute approximate surface area is 120 Å². The number of benzene rings is 1. The van der Waals surface area contributed by atoms with E-state index in [2.05, 4.69) is 35.3 Å². The molecular weight excluding hydrogens is 248 g/mol. The van der Waals surface area contributed by atoms with Crippen molar-refractivity contribution in [3.05, 3.63) is 53.9 Å². The van der Waals surface area contributed by atoms with Gasteiger partial charge in [-0.2, -0.15) is 0 Å². The SMILES string of the molecule is CCNC(c1ccn(Cc2ccc(O)cc2)c1)C1CC1. The molecule has 2 N–H and O–H groups in total. The minimum Gasteiger partial charge on any atom is -0.508 e. The molecular formula is C17H22N2O. The predicted octanol–water partition coefficient (Wildman–Crippen LogP) is 3.30. The Morgan fingerprint density at radius 1 is 1.25 bits per heavy atom. The molecule has 0 amide bonds. The summed E-state index contributed by atoms with van der Waals surface area (Å²) in [4.78, 5) is 0. The Balaban J connectivity index is 1.70. The lowest BCUT2D eigenvalue weighted by Crippen LogP contribution is -2.22. The Hall–Kier alpha value is -1.74. The first-order valence-corrected chi connectivity index (χ1v) is 7.43. The minimum absolute atomic E-state index is 0.322. The third-order valence-corrected chi connectivity index (χ3v) is 3.95. The highest BCUT2D eigenvalue weighted by molar-refractivity contribution is 5.27. The number of phenols is 1. The molecule has 3 nitrogen and oxygen atoms in total. The molecule has 1 atom stereocenters. The van der Waals surface area contributed by atoms with Gasteiger partial charge in [0.15, 0.2) is 0 Å². The topological polar surface area (TPSA) is 37.2 Å². The first-order valence-electron chi connectivity index (χ1n) is 7.43. The van der Waals surface area contributed by atoms with E-state index in [0.29, 0.717) is 11.8 Å². The highest BCUT2D eigenvalue weighted by Crippen LogP contribution is 2.41. The van der Waals surface area contributed by atoms with Crippen LogP contribution in [0.2, 0.25) is 0 Å². The van der Waals surface area contributed by atoms with E-state index >= 15 is 0 Å². The monoisotopic (exact) mass is 270 g/mol. The van der Waals surface area contributed by atoms with Gasteiger partial charge in [0.05, 0.1) is 0 Å². The summed E-state index contributed by atoms with van der Waals surface area (Å²) in [5.41, 5.74) is 2.60. The van der Waals surface area contributed by atoms with Crippen LogP contribution in [0, 0.1) is 5.92 Å². The molecule has 3 heteroatoms. The second-order valence-electron chi connectivity index (χ2n) is 5.66. The van der Waals surface area contributed by atoms with Crippen molar-refractivity contribution < 1.29 is 5.11 Å². The summed E-state index contributed by atoms with van der Waals surface area (Å²) in [7, 11) is 0. The maximum absolute atomic E-state index is 9.31. The van der Waals surface area contributed by atoms with Gasteiger partial charge in [0, 0.05) is 25.0 Å². The summed E-state index contributed by atoms with van der Waals surface area (Å²) in [6.45, 7) is 4.04. The molecule has 1 heterocycles. The molecule has 0 spiro atoms. The minimum atomic E-state index is 0.322. The van der Waals surface area contributed by atoms with Crippen LogP contribution in [0.25, 0.3) is 0 Å². The summed E-state index contributed by atoms with van der Waals surface area (Å²) in [6.07, 6.45) is 7.09. The molecule has 1 aliphatic carbocycles. The maximum atomic E-state index is 9.31. The van der Waals surface area contributed by atoms with Crippen molar-refractivity contribution in [1.29, 1.82) is 0 Å². The number of hydrogen-bond donors (Lipinski definition) is 2. The van der Waals surface area contributed by atoms with Crippen LogP contribution >= 0.6 is 0 Å². The van der Waals surface area contributed by atoms with E-state index in [4.69, 9.17) is 0 Å². The van der Waals surface area contributed by atoms with E-state index in [1.807, 2.05) is 12.1 Å². The summed E-state index contributed by atoms with van der Waals surface area (Å²) < 4.78 is 2.22. The normalized spacial score (nSPS) is 16.2. The first kappa shape index (κ1) is 13.3. The molecule has 0 aliphatic heterocycles. The number of aromatic nitrogens is 1. The number of nitrogens with zero attached hydrogens (tertiary/aromatic N) is 1. The van der Waals surface area contributed by atoms with Crippen LogP contribution in [0.3, 0.4) is 0 Å². The number of hydrogen-bond acceptors (Lipinski definition) is 2. The highest BCUT2D eigenvalue weighted by atomic mass is 16.3. The zero-order chi connectivity index (χ0) is 13.9. The predicted molar refractivity (Wildman–Crippen MR) is 80.8 cm³/mol. The van der Waals surface area contributed by atoms with Gasteiger partial charge in [0.1, 0.15) is 5.75 Å². The Kier molecular flexibility index (Phi) is 3.79. The van der Waals surface area contributed by atoms with Gasteiger partial charge in [0.25, 0.3) is 0 Å². The van der Waals surface area contributed by atoms with Crippen molar-refractivity contribution in [1.82, 2.24) is 9.88 Å². The van der Waals surface area contributed by atoms with Crippen molar-refractivity contribution in [3.8, 4) is 5.75 Å². The van der Waals surface area contributed by atoms with E-state index < -0.39 is 0 Å². The largest absolute Gasteiger partial charge is 0.508 e. The van der Waals surface area contributed by atoms with Gasteiger partial charge in [-0.25, -0.2) is 0 Å². The molecule has 1 aromatic carbocycles. The van der Waals surface area contributed by atoms with E-state index in [0.717, 1.165) is 19.0 Å². The Morgan fingerprint density at radius 2 is 2.00 bits per heavy atom. The third kappa shape index (κ3) is 3.05. The van der Waals surface area contributed by atoms with Crippen LogP contribution in [0.5, 0.6) is 5.75 Å². The van der Waals surface area contributed by atoms with E-state index in [9.17, 15) is 5.11 Å². The van der Waals surface area contributed by atoms with Crippen LogP contribution in [0.1, 0.15) is 36.9 Å². The molecule has 0 saturated heterocycles. The third-order valence-electron chi connectivity index (χ3n) is 3.95. The number of phenolic OH excluding ortho intramolecular Hbond substituents is 1. The smallest absolute Gasteiger partial charge is 0.115 e. The van der Waals surface area contributed by atoms with Crippen molar-refractivity contribution >= 4 is 0 Å². The van der Waals surface area contributed by atoms with Crippen molar-refractivity contribution in [2.45, 2.75) is 32.4 Å². The van der Waals surface area contributed by atoms with E-state index in [1.54, 1.807) is 12.1 Å². The lowest BCUT2D eigenvalue weighted by Gasteiger charge is -2.15. The van der Waals surface area contributed by atoms with Gasteiger partial charge in [-0.1, -0.05) is 19.1 Å². The van der Waals surface area contributed by atoms with Crippen LogP contribution < -0.4 is 5.32 Å². The zero-order valence-electron chi connectivity index (χ0n) is 11.9. The van der Waals surface area contributed by atoms with Gasteiger partial charge in [-0.3, -0.25) is 0 Å². The fourth-order valence-corrected chi connectivity index (χ4v) is 2.76. The fourth-order valence-electron chi connectivity index (χ4n) is 2.76. The van der Waals surface area contributed by atoms with Gasteiger partial charge < -0.3 is 15.0 Å². The molecule has 1 aliphatic rings. The van der Waals surface area contributed by atoms with Gasteiger partial charge in [-0.05, 0) is 54.6 Å². The summed E-state index contributed by atoms with van der Waals surface area (Å²) in [5, 5.41) is 12.9. The summed E-state index contributed by atoms with van der Waals surface area (Å²) in [5.74, 6) is 1.14. The van der Waals surface area contributed by atoms with E-state index in [1.165, 1.54) is 24.0 Å². The number of aromatic hydroxyl groups is 1. The van der Waals surface area contributed by atoms with Crippen LogP contribution in [0.15, 0.2) is 42.7 Å². The molecule has 1 unspecified atom stereocenters. The molecule has 1 fully saturated rings. The highest BCUT2D eigenvalue weighted by Gasteiger charge is 2.31. The van der Waals surface area contributed by atoms with Crippen molar-refractivity contribution in [2.24, 2.45) is 5.92 Å². The Bertz CT molecular complexity index is 555. The lowest BCUT2D eigenvalue weighted by atomic mass is 10.1. The van der Waals surface area contributed by atoms with Crippen LogP contribution in [-0.4, -0.2) is 16.2 Å². The number of nitrogens with one attached hydrogen (secondary N) is 1.